The second-order valence-electron chi connectivity index (χ2n) is 6.31. The maximum atomic E-state index is 12.7. The molecule has 3 N–H and O–H groups in total. The van der Waals surface area contributed by atoms with E-state index in [9.17, 15) is 14.4 Å². The van der Waals surface area contributed by atoms with Crippen LogP contribution >= 0.6 is 0 Å². The van der Waals surface area contributed by atoms with Crippen molar-refractivity contribution in [1.82, 2.24) is 20.9 Å². The van der Waals surface area contributed by atoms with Gasteiger partial charge in [0.25, 0.3) is 5.91 Å². The van der Waals surface area contributed by atoms with Crippen molar-refractivity contribution in [1.29, 1.82) is 0 Å². The van der Waals surface area contributed by atoms with Crippen LogP contribution in [0.5, 0.6) is 0 Å². The molecule has 0 radical (unpaired) electrons. The van der Waals surface area contributed by atoms with Crippen molar-refractivity contribution in [2.45, 2.75) is 31.7 Å². The number of hydrogen-bond acceptors (Lipinski definition) is 4. The van der Waals surface area contributed by atoms with Crippen molar-refractivity contribution in [3.63, 3.8) is 0 Å². The smallest absolute Gasteiger partial charge is 0.322 e. The highest BCUT2D eigenvalue weighted by atomic mass is 16.2. The molecule has 20 heavy (non-hydrogen) atoms. The fourth-order valence-corrected chi connectivity index (χ4v) is 3.43. The molecule has 0 aliphatic carbocycles. The van der Waals surface area contributed by atoms with Gasteiger partial charge in [0.2, 0.25) is 5.91 Å². The van der Waals surface area contributed by atoms with Gasteiger partial charge in [0.05, 0.1) is 12.0 Å². The maximum absolute atomic E-state index is 12.7. The summed E-state index contributed by atoms with van der Waals surface area (Å²) in [4.78, 5) is 37.8. The van der Waals surface area contributed by atoms with Crippen molar-refractivity contribution in [2.24, 2.45) is 5.41 Å². The van der Waals surface area contributed by atoms with E-state index in [2.05, 4.69) is 16.0 Å². The first-order chi connectivity index (χ1) is 9.45. The van der Waals surface area contributed by atoms with Crippen LogP contribution in [-0.4, -0.2) is 54.5 Å². The third-order valence-electron chi connectivity index (χ3n) is 4.68. The molecular formula is C13H20N4O3. The lowest BCUT2D eigenvalue weighted by Gasteiger charge is -2.41. The summed E-state index contributed by atoms with van der Waals surface area (Å²) in [6.45, 7) is 4.41. The highest BCUT2D eigenvalue weighted by Crippen LogP contribution is 2.31. The van der Waals surface area contributed by atoms with Gasteiger partial charge in [-0.3, -0.25) is 14.9 Å². The molecule has 3 fully saturated rings. The highest BCUT2D eigenvalue weighted by Gasteiger charge is 2.51. The van der Waals surface area contributed by atoms with E-state index in [-0.39, 0.29) is 18.4 Å². The standard InChI is InChI=1S/C13H20N4O3/c1-12(4-5-14-7-12)10(19)17-6-2-3-13(8-17)9(18)15-11(20)16-13/h14H,2-8H2,1H3,(H2,15,16,18,20). The van der Waals surface area contributed by atoms with Crippen molar-refractivity contribution in [3.8, 4) is 0 Å². The molecule has 2 atom stereocenters. The van der Waals surface area contributed by atoms with E-state index in [0.29, 0.717) is 19.5 Å². The van der Waals surface area contributed by atoms with E-state index >= 15 is 0 Å². The minimum absolute atomic E-state index is 0.0792. The van der Waals surface area contributed by atoms with Gasteiger partial charge >= 0.3 is 6.03 Å². The normalized spacial score (nSPS) is 37.1. The lowest BCUT2D eigenvalue weighted by Crippen LogP contribution is -2.61. The van der Waals surface area contributed by atoms with Gasteiger partial charge in [-0.2, -0.15) is 0 Å². The Morgan fingerprint density at radius 1 is 1.30 bits per heavy atom. The van der Waals surface area contributed by atoms with Crippen LogP contribution in [0, 0.1) is 5.41 Å². The quantitative estimate of drug-likeness (QED) is 0.548. The Kier molecular flexibility index (Phi) is 2.97. The van der Waals surface area contributed by atoms with Gasteiger partial charge < -0.3 is 15.5 Å². The third kappa shape index (κ3) is 1.96. The van der Waals surface area contributed by atoms with E-state index in [1.54, 1.807) is 4.90 Å². The number of carbonyl (C=O) groups is 3. The van der Waals surface area contributed by atoms with Crippen molar-refractivity contribution >= 4 is 17.8 Å². The molecular weight excluding hydrogens is 260 g/mol. The largest absolute Gasteiger partial charge is 0.339 e. The molecule has 2 unspecified atom stereocenters. The van der Waals surface area contributed by atoms with E-state index in [1.165, 1.54) is 0 Å². The summed E-state index contributed by atoms with van der Waals surface area (Å²) in [6, 6.07) is -0.460. The Hall–Kier alpha value is -1.63. The molecule has 4 amide bonds. The predicted molar refractivity (Wildman–Crippen MR) is 70.8 cm³/mol. The fourth-order valence-electron chi connectivity index (χ4n) is 3.43. The summed E-state index contributed by atoms with van der Waals surface area (Å²) in [5.74, 6) is -0.231. The second kappa shape index (κ2) is 4.44. The van der Waals surface area contributed by atoms with Gasteiger partial charge in [-0.25, -0.2) is 4.79 Å². The molecule has 0 bridgehead atoms. The minimum Gasteiger partial charge on any atom is -0.339 e. The van der Waals surface area contributed by atoms with E-state index < -0.39 is 17.0 Å². The zero-order chi connectivity index (χ0) is 14.4. The van der Waals surface area contributed by atoms with Crippen LogP contribution in [0.25, 0.3) is 0 Å². The monoisotopic (exact) mass is 280 g/mol. The average Bonchev–Trinajstić information content (AvgIpc) is 2.95. The molecule has 1 spiro atoms. The number of piperidine rings is 1. The summed E-state index contributed by atoms with van der Waals surface area (Å²) < 4.78 is 0. The molecule has 0 aromatic carbocycles. The first-order valence-electron chi connectivity index (χ1n) is 7.09. The van der Waals surface area contributed by atoms with E-state index in [1.807, 2.05) is 6.92 Å². The number of carbonyl (C=O) groups excluding carboxylic acids is 3. The predicted octanol–water partition coefficient (Wildman–Crippen LogP) is -0.813. The van der Waals surface area contributed by atoms with Crippen molar-refractivity contribution in [2.75, 3.05) is 26.2 Å². The average molecular weight is 280 g/mol. The molecule has 3 aliphatic heterocycles. The van der Waals surface area contributed by atoms with E-state index in [0.717, 1.165) is 19.4 Å². The third-order valence-corrected chi connectivity index (χ3v) is 4.68. The summed E-state index contributed by atoms with van der Waals surface area (Å²) >= 11 is 0. The van der Waals surface area contributed by atoms with Crippen molar-refractivity contribution in [3.05, 3.63) is 0 Å². The minimum atomic E-state index is -0.923. The van der Waals surface area contributed by atoms with Gasteiger partial charge in [0, 0.05) is 13.1 Å². The topological polar surface area (TPSA) is 90.5 Å². The zero-order valence-corrected chi connectivity index (χ0v) is 11.6. The summed E-state index contributed by atoms with van der Waals surface area (Å²) in [5.41, 5.74) is -1.31. The van der Waals surface area contributed by atoms with Gasteiger partial charge in [0.15, 0.2) is 0 Å². The number of nitrogens with one attached hydrogen (secondary N) is 3. The molecule has 3 aliphatic rings. The van der Waals surface area contributed by atoms with Gasteiger partial charge in [0.1, 0.15) is 5.54 Å². The highest BCUT2D eigenvalue weighted by molar-refractivity contribution is 6.07. The molecule has 3 saturated heterocycles. The maximum Gasteiger partial charge on any atom is 0.322 e. The van der Waals surface area contributed by atoms with Crippen LogP contribution in [0.1, 0.15) is 26.2 Å². The van der Waals surface area contributed by atoms with Crippen LogP contribution in [0.15, 0.2) is 0 Å². The summed E-state index contributed by atoms with van der Waals surface area (Å²) in [6.07, 6.45) is 2.13. The first kappa shape index (κ1) is 13.4. The van der Waals surface area contributed by atoms with Crippen LogP contribution in [0.2, 0.25) is 0 Å². The number of amides is 4. The SMILES string of the molecule is CC1(C(=O)N2CCCC3(C2)NC(=O)NC3=O)CCNC1. The summed E-state index contributed by atoms with van der Waals surface area (Å²) in [7, 11) is 0. The molecule has 7 heteroatoms. The van der Waals surface area contributed by atoms with E-state index in [4.69, 9.17) is 0 Å². The number of nitrogens with zero attached hydrogens (tertiary/aromatic N) is 1. The van der Waals surface area contributed by atoms with Crippen LogP contribution < -0.4 is 16.0 Å². The lowest BCUT2D eigenvalue weighted by molar-refractivity contribution is -0.144. The van der Waals surface area contributed by atoms with Crippen LogP contribution in [-0.2, 0) is 9.59 Å². The second-order valence-corrected chi connectivity index (χ2v) is 6.31. The molecule has 0 saturated carbocycles. The van der Waals surface area contributed by atoms with Gasteiger partial charge in [-0.05, 0) is 32.7 Å². The molecule has 0 aromatic heterocycles. The Morgan fingerprint density at radius 2 is 2.10 bits per heavy atom. The molecule has 7 nitrogen and oxygen atoms in total. The number of likely N-dealkylation sites (tertiary alicyclic amines) is 1. The van der Waals surface area contributed by atoms with Crippen LogP contribution in [0.3, 0.4) is 0 Å². The summed E-state index contributed by atoms with van der Waals surface area (Å²) in [5, 5.41) is 8.19. The zero-order valence-electron chi connectivity index (χ0n) is 11.6. The molecule has 3 rings (SSSR count). The number of imide groups is 1. The first-order valence-corrected chi connectivity index (χ1v) is 7.09. The van der Waals surface area contributed by atoms with Crippen molar-refractivity contribution < 1.29 is 14.4 Å². The fraction of sp³-hybridized carbons (Fsp3) is 0.769. The lowest BCUT2D eigenvalue weighted by atomic mass is 9.84. The molecule has 0 aromatic rings. The molecule has 110 valence electrons. The molecule has 3 heterocycles. The van der Waals surface area contributed by atoms with Gasteiger partial charge in [-0.1, -0.05) is 0 Å². The number of urea groups is 1. The Morgan fingerprint density at radius 3 is 2.70 bits per heavy atom. The number of rotatable bonds is 1. The Balaban J connectivity index is 1.77. The van der Waals surface area contributed by atoms with Gasteiger partial charge in [-0.15, -0.1) is 0 Å². The Bertz CT molecular complexity index is 472. The number of hydrogen-bond donors (Lipinski definition) is 3. The Labute approximate surface area is 117 Å². The van der Waals surface area contributed by atoms with Crippen LogP contribution in [0.4, 0.5) is 4.79 Å².